The maximum absolute atomic E-state index is 10.6. The van der Waals surface area contributed by atoms with Gasteiger partial charge in [0.25, 0.3) is 5.69 Å². The SMILES string of the molecule is CCCCOc1cccc([N+](=O)[O-])c1N. The maximum Gasteiger partial charge on any atom is 0.295 e. The Morgan fingerprint density at radius 1 is 1.53 bits per heavy atom. The van der Waals surface area contributed by atoms with Gasteiger partial charge in [-0.05, 0) is 12.5 Å². The van der Waals surface area contributed by atoms with Crippen molar-refractivity contribution < 1.29 is 9.66 Å². The zero-order chi connectivity index (χ0) is 11.3. The highest BCUT2D eigenvalue weighted by atomic mass is 16.6. The highest BCUT2D eigenvalue weighted by Crippen LogP contribution is 2.30. The van der Waals surface area contributed by atoms with Gasteiger partial charge in [0, 0.05) is 6.07 Å². The second kappa shape index (κ2) is 5.19. The molecule has 0 aliphatic carbocycles. The molecule has 0 saturated heterocycles. The van der Waals surface area contributed by atoms with Crippen LogP contribution in [0.15, 0.2) is 18.2 Å². The number of benzene rings is 1. The quantitative estimate of drug-likeness (QED) is 0.350. The minimum absolute atomic E-state index is 0.0959. The minimum Gasteiger partial charge on any atom is -0.491 e. The van der Waals surface area contributed by atoms with Crippen LogP contribution in [0.25, 0.3) is 0 Å². The Hall–Kier alpha value is -1.78. The molecule has 82 valence electrons. The summed E-state index contributed by atoms with van der Waals surface area (Å²) >= 11 is 0. The lowest BCUT2D eigenvalue weighted by atomic mass is 10.2. The average Bonchev–Trinajstić information content (AvgIpc) is 2.20. The number of rotatable bonds is 5. The molecule has 0 atom stereocenters. The van der Waals surface area contributed by atoms with Crippen molar-refractivity contribution in [3.05, 3.63) is 28.3 Å². The molecule has 0 aliphatic rings. The summed E-state index contributed by atoms with van der Waals surface area (Å²) in [6.07, 6.45) is 1.91. The first-order valence-electron chi connectivity index (χ1n) is 4.82. The van der Waals surface area contributed by atoms with Crippen LogP contribution in [0.5, 0.6) is 5.75 Å². The van der Waals surface area contributed by atoms with Gasteiger partial charge in [-0.15, -0.1) is 0 Å². The summed E-state index contributed by atoms with van der Waals surface area (Å²) < 4.78 is 5.34. The molecule has 0 radical (unpaired) electrons. The molecule has 5 nitrogen and oxygen atoms in total. The van der Waals surface area contributed by atoms with Crippen molar-refractivity contribution >= 4 is 11.4 Å². The molecule has 15 heavy (non-hydrogen) atoms. The van der Waals surface area contributed by atoms with Crippen molar-refractivity contribution in [2.24, 2.45) is 0 Å². The number of nitro groups is 1. The number of nitro benzene ring substituents is 1. The number of hydrogen-bond donors (Lipinski definition) is 1. The molecule has 0 aromatic heterocycles. The summed E-state index contributed by atoms with van der Waals surface area (Å²) in [5, 5.41) is 10.6. The fourth-order valence-corrected chi connectivity index (χ4v) is 1.14. The maximum atomic E-state index is 10.6. The molecule has 0 unspecified atom stereocenters. The molecular weight excluding hydrogens is 196 g/mol. The predicted octanol–water partition coefficient (Wildman–Crippen LogP) is 2.36. The number of unbranched alkanes of at least 4 members (excludes halogenated alkanes) is 1. The van der Waals surface area contributed by atoms with Crippen molar-refractivity contribution in [1.29, 1.82) is 0 Å². The van der Waals surface area contributed by atoms with Crippen molar-refractivity contribution in [2.45, 2.75) is 19.8 Å². The summed E-state index contributed by atoms with van der Waals surface area (Å²) in [6, 6.07) is 4.57. The van der Waals surface area contributed by atoms with Gasteiger partial charge in [-0.3, -0.25) is 10.1 Å². The van der Waals surface area contributed by atoms with E-state index in [1.54, 1.807) is 12.1 Å². The van der Waals surface area contributed by atoms with Crippen LogP contribution in [0.1, 0.15) is 19.8 Å². The lowest BCUT2D eigenvalue weighted by Gasteiger charge is -2.07. The van der Waals surface area contributed by atoms with Crippen LogP contribution in [0.2, 0.25) is 0 Å². The molecule has 5 heteroatoms. The Bertz CT molecular complexity index is 353. The summed E-state index contributed by atoms with van der Waals surface area (Å²) in [4.78, 5) is 10.1. The molecule has 0 spiro atoms. The number of hydrogen-bond acceptors (Lipinski definition) is 4. The Kier molecular flexibility index (Phi) is 3.91. The Morgan fingerprint density at radius 2 is 2.27 bits per heavy atom. The smallest absolute Gasteiger partial charge is 0.295 e. The number of anilines is 1. The van der Waals surface area contributed by atoms with Crippen molar-refractivity contribution in [3.8, 4) is 5.75 Å². The van der Waals surface area contributed by atoms with Crippen LogP contribution < -0.4 is 10.5 Å². The van der Waals surface area contributed by atoms with Gasteiger partial charge in [0.1, 0.15) is 5.75 Å². The highest BCUT2D eigenvalue weighted by molar-refractivity contribution is 5.66. The Morgan fingerprint density at radius 3 is 2.87 bits per heavy atom. The van der Waals surface area contributed by atoms with E-state index >= 15 is 0 Å². The molecule has 0 heterocycles. The third-order valence-electron chi connectivity index (χ3n) is 2.00. The predicted molar refractivity (Wildman–Crippen MR) is 57.9 cm³/mol. The van der Waals surface area contributed by atoms with Crippen LogP contribution in [-0.4, -0.2) is 11.5 Å². The zero-order valence-corrected chi connectivity index (χ0v) is 8.60. The summed E-state index contributed by atoms with van der Waals surface area (Å²) in [6.45, 7) is 2.57. The van der Waals surface area contributed by atoms with Gasteiger partial charge in [-0.25, -0.2) is 0 Å². The third-order valence-corrected chi connectivity index (χ3v) is 2.00. The van der Waals surface area contributed by atoms with Gasteiger partial charge < -0.3 is 10.5 Å². The van der Waals surface area contributed by atoms with E-state index in [0.717, 1.165) is 12.8 Å². The van der Waals surface area contributed by atoms with Gasteiger partial charge in [0.2, 0.25) is 0 Å². The third kappa shape index (κ3) is 2.83. The minimum atomic E-state index is -0.512. The van der Waals surface area contributed by atoms with Gasteiger partial charge in [-0.1, -0.05) is 19.4 Å². The van der Waals surface area contributed by atoms with Crippen LogP contribution in [-0.2, 0) is 0 Å². The van der Waals surface area contributed by atoms with E-state index in [4.69, 9.17) is 10.5 Å². The Balaban J connectivity index is 2.80. The standard InChI is InChI=1S/C10H14N2O3/c1-2-3-7-15-9-6-4-5-8(10(9)11)12(13)14/h4-6H,2-3,7,11H2,1H3. The molecule has 1 rings (SSSR count). The molecular formula is C10H14N2O3. The largest absolute Gasteiger partial charge is 0.491 e. The normalized spacial score (nSPS) is 9.93. The number of para-hydroxylation sites is 1. The monoisotopic (exact) mass is 210 g/mol. The van der Waals surface area contributed by atoms with Crippen LogP contribution in [0, 0.1) is 10.1 Å². The van der Waals surface area contributed by atoms with Gasteiger partial charge in [0.05, 0.1) is 11.5 Å². The molecule has 2 N–H and O–H groups in total. The molecule has 0 bridgehead atoms. The van der Waals surface area contributed by atoms with E-state index in [2.05, 4.69) is 0 Å². The van der Waals surface area contributed by atoms with Crippen LogP contribution in [0.4, 0.5) is 11.4 Å². The van der Waals surface area contributed by atoms with E-state index in [-0.39, 0.29) is 11.4 Å². The molecule has 1 aromatic rings. The summed E-state index contributed by atoms with van der Waals surface area (Å²) in [5.41, 5.74) is 5.59. The zero-order valence-electron chi connectivity index (χ0n) is 8.60. The first kappa shape index (κ1) is 11.3. The fourth-order valence-electron chi connectivity index (χ4n) is 1.14. The topological polar surface area (TPSA) is 78.4 Å². The van der Waals surface area contributed by atoms with Crippen molar-refractivity contribution in [3.63, 3.8) is 0 Å². The van der Waals surface area contributed by atoms with Crippen LogP contribution in [0.3, 0.4) is 0 Å². The molecule has 0 fully saturated rings. The fraction of sp³-hybridized carbons (Fsp3) is 0.400. The lowest BCUT2D eigenvalue weighted by Crippen LogP contribution is -2.02. The average molecular weight is 210 g/mol. The second-order valence-corrected chi connectivity index (χ2v) is 3.15. The second-order valence-electron chi connectivity index (χ2n) is 3.15. The van der Waals surface area contributed by atoms with Crippen molar-refractivity contribution in [2.75, 3.05) is 12.3 Å². The van der Waals surface area contributed by atoms with E-state index < -0.39 is 4.92 Å². The van der Waals surface area contributed by atoms with Gasteiger partial charge in [-0.2, -0.15) is 0 Å². The van der Waals surface area contributed by atoms with E-state index in [1.165, 1.54) is 6.07 Å². The first-order chi connectivity index (χ1) is 7.16. The molecule has 1 aromatic carbocycles. The van der Waals surface area contributed by atoms with E-state index in [9.17, 15) is 10.1 Å². The number of nitrogens with zero attached hydrogens (tertiary/aromatic N) is 1. The number of nitrogens with two attached hydrogens (primary N) is 1. The molecule has 0 aliphatic heterocycles. The van der Waals surface area contributed by atoms with Gasteiger partial charge >= 0.3 is 0 Å². The summed E-state index contributed by atoms with van der Waals surface area (Å²) in [5.74, 6) is 0.387. The first-order valence-corrected chi connectivity index (χ1v) is 4.82. The molecule has 0 saturated carbocycles. The van der Waals surface area contributed by atoms with E-state index in [1.807, 2.05) is 6.92 Å². The number of nitrogen functional groups attached to an aromatic ring is 1. The van der Waals surface area contributed by atoms with E-state index in [0.29, 0.717) is 12.4 Å². The van der Waals surface area contributed by atoms with Gasteiger partial charge in [0.15, 0.2) is 5.69 Å². The van der Waals surface area contributed by atoms with Crippen LogP contribution >= 0.6 is 0 Å². The Labute approximate surface area is 88.0 Å². The highest BCUT2D eigenvalue weighted by Gasteiger charge is 2.14. The summed E-state index contributed by atoms with van der Waals surface area (Å²) in [7, 11) is 0. The number of ether oxygens (including phenoxy) is 1. The lowest BCUT2D eigenvalue weighted by molar-refractivity contribution is -0.384. The van der Waals surface area contributed by atoms with Crippen molar-refractivity contribution in [1.82, 2.24) is 0 Å². The molecule has 0 amide bonds.